The molecule has 1 aromatic carbocycles. The van der Waals surface area contributed by atoms with Crippen LogP contribution < -0.4 is 16.0 Å². The minimum Gasteiger partial charge on any atom is -0.497 e. The average molecular weight is 250 g/mol. The lowest BCUT2D eigenvalue weighted by atomic mass is 10.2. The monoisotopic (exact) mass is 250 g/mol. The molecule has 7 heteroatoms. The molecule has 0 saturated carbocycles. The van der Waals surface area contributed by atoms with Gasteiger partial charge in [0.2, 0.25) is 5.01 Å². The first-order valence-electron chi connectivity index (χ1n) is 4.73. The van der Waals surface area contributed by atoms with Crippen molar-refractivity contribution in [3.05, 3.63) is 29.3 Å². The summed E-state index contributed by atoms with van der Waals surface area (Å²) < 4.78 is 9.19. The van der Waals surface area contributed by atoms with E-state index < -0.39 is 5.91 Å². The van der Waals surface area contributed by atoms with Crippen molar-refractivity contribution in [2.75, 3.05) is 7.11 Å². The molecule has 2 aromatic rings. The number of benzene rings is 1. The molecule has 0 fully saturated rings. The number of rotatable bonds is 3. The summed E-state index contributed by atoms with van der Waals surface area (Å²) in [5.74, 6) is 5.76. The Kier molecular flexibility index (Phi) is 3.31. The van der Waals surface area contributed by atoms with Crippen LogP contribution in [0.1, 0.15) is 9.80 Å². The molecule has 3 N–H and O–H groups in total. The number of carbonyl (C=O) groups is 1. The van der Waals surface area contributed by atoms with Crippen molar-refractivity contribution in [2.45, 2.75) is 0 Å². The van der Waals surface area contributed by atoms with Gasteiger partial charge in [-0.05, 0) is 23.7 Å². The molecule has 2 rings (SSSR count). The Morgan fingerprint density at radius 3 is 3.06 bits per heavy atom. The number of nitrogens with two attached hydrogens (primary N) is 1. The molecule has 6 nitrogen and oxygen atoms in total. The van der Waals surface area contributed by atoms with E-state index in [1.54, 1.807) is 13.2 Å². The van der Waals surface area contributed by atoms with E-state index in [0.717, 1.165) is 17.1 Å². The van der Waals surface area contributed by atoms with Gasteiger partial charge in [-0.15, -0.1) is 0 Å². The summed E-state index contributed by atoms with van der Waals surface area (Å²) in [4.78, 5) is 15.3. The third-order valence-corrected chi connectivity index (χ3v) is 2.79. The first-order valence-corrected chi connectivity index (χ1v) is 5.51. The highest BCUT2D eigenvalue weighted by atomic mass is 32.1. The van der Waals surface area contributed by atoms with Crippen LogP contribution >= 0.6 is 11.5 Å². The van der Waals surface area contributed by atoms with Crippen LogP contribution in [-0.4, -0.2) is 22.4 Å². The standard InChI is InChI=1S/C10H10N4O2S/c1-16-7-4-2-3-6(5-7)8-12-10(17-14-8)9(15)13-11/h2-5H,11H2,1H3,(H,13,15). The lowest BCUT2D eigenvalue weighted by Crippen LogP contribution is -2.29. The van der Waals surface area contributed by atoms with Crippen LogP contribution in [-0.2, 0) is 0 Å². The van der Waals surface area contributed by atoms with Gasteiger partial charge in [0.1, 0.15) is 5.75 Å². The number of amides is 1. The fraction of sp³-hybridized carbons (Fsp3) is 0.100. The Morgan fingerprint density at radius 1 is 1.53 bits per heavy atom. The van der Waals surface area contributed by atoms with Crippen LogP contribution in [0, 0.1) is 0 Å². The van der Waals surface area contributed by atoms with Crippen molar-refractivity contribution >= 4 is 17.4 Å². The Morgan fingerprint density at radius 2 is 2.35 bits per heavy atom. The fourth-order valence-corrected chi connectivity index (χ4v) is 1.85. The summed E-state index contributed by atoms with van der Waals surface area (Å²) in [6, 6.07) is 7.29. The van der Waals surface area contributed by atoms with Gasteiger partial charge in [0.15, 0.2) is 5.82 Å². The van der Waals surface area contributed by atoms with Crippen LogP contribution in [0.25, 0.3) is 11.4 Å². The topological polar surface area (TPSA) is 90.1 Å². The van der Waals surface area contributed by atoms with Crippen molar-refractivity contribution in [3.8, 4) is 17.1 Å². The Labute approximate surface area is 102 Å². The first kappa shape index (κ1) is 11.5. The maximum absolute atomic E-state index is 11.2. The number of nitrogens with zero attached hydrogens (tertiary/aromatic N) is 2. The molecule has 0 aliphatic carbocycles. The molecule has 88 valence electrons. The molecule has 1 aromatic heterocycles. The molecule has 0 aliphatic heterocycles. The number of methoxy groups -OCH3 is 1. The second-order valence-corrected chi connectivity index (χ2v) is 3.88. The molecular formula is C10H10N4O2S. The highest BCUT2D eigenvalue weighted by molar-refractivity contribution is 7.07. The number of ether oxygens (including phenoxy) is 1. The molecule has 0 bridgehead atoms. The van der Waals surface area contributed by atoms with Crippen molar-refractivity contribution < 1.29 is 9.53 Å². The average Bonchev–Trinajstić information content (AvgIpc) is 2.87. The molecule has 17 heavy (non-hydrogen) atoms. The van der Waals surface area contributed by atoms with Crippen molar-refractivity contribution in [3.63, 3.8) is 0 Å². The van der Waals surface area contributed by atoms with Crippen LogP contribution in [0.15, 0.2) is 24.3 Å². The minimum atomic E-state index is -0.448. The minimum absolute atomic E-state index is 0.227. The molecule has 1 amide bonds. The number of hydrogen-bond acceptors (Lipinski definition) is 6. The zero-order valence-electron chi connectivity index (χ0n) is 9.01. The third kappa shape index (κ3) is 2.40. The smallest absolute Gasteiger partial charge is 0.295 e. The quantitative estimate of drug-likeness (QED) is 0.478. The lowest BCUT2D eigenvalue weighted by Gasteiger charge is -2.00. The molecule has 0 spiro atoms. The molecule has 1 heterocycles. The second kappa shape index (κ2) is 4.89. The van der Waals surface area contributed by atoms with Crippen LogP contribution in [0.5, 0.6) is 5.75 Å². The highest BCUT2D eigenvalue weighted by Gasteiger charge is 2.12. The molecule has 0 atom stereocenters. The van der Waals surface area contributed by atoms with E-state index in [-0.39, 0.29) is 5.01 Å². The van der Waals surface area contributed by atoms with Crippen LogP contribution in [0.4, 0.5) is 0 Å². The Balaban J connectivity index is 2.33. The summed E-state index contributed by atoms with van der Waals surface area (Å²) in [5.41, 5.74) is 2.80. The highest BCUT2D eigenvalue weighted by Crippen LogP contribution is 2.22. The summed E-state index contributed by atoms with van der Waals surface area (Å²) in [5, 5.41) is 0.227. The molecule has 0 aliphatic rings. The lowest BCUT2D eigenvalue weighted by molar-refractivity contribution is 0.0953. The van der Waals surface area contributed by atoms with Crippen LogP contribution in [0.3, 0.4) is 0 Å². The van der Waals surface area contributed by atoms with Crippen LogP contribution in [0.2, 0.25) is 0 Å². The van der Waals surface area contributed by atoms with E-state index in [1.807, 2.05) is 23.6 Å². The molecule has 0 unspecified atom stereocenters. The van der Waals surface area contributed by atoms with Crippen molar-refractivity contribution in [2.24, 2.45) is 5.84 Å². The van der Waals surface area contributed by atoms with E-state index in [0.29, 0.717) is 11.6 Å². The van der Waals surface area contributed by atoms with Crippen molar-refractivity contribution in [1.82, 2.24) is 14.8 Å². The SMILES string of the molecule is COc1cccc(-c2nsc(C(=O)NN)n2)c1. The zero-order chi connectivity index (χ0) is 12.3. The fourth-order valence-electron chi connectivity index (χ4n) is 1.26. The summed E-state index contributed by atoms with van der Waals surface area (Å²) in [6.07, 6.45) is 0. The van der Waals surface area contributed by atoms with Gasteiger partial charge in [-0.3, -0.25) is 10.2 Å². The van der Waals surface area contributed by atoms with Gasteiger partial charge in [-0.2, -0.15) is 4.37 Å². The van der Waals surface area contributed by atoms with Crippen molar-refractivity contribution in [1.29, 1.82) is 0 Å². The van der Waals surface area contributed by atoms with Gasteiger partial charge in [-0.1, -0.05) is 12.1 Å². The molecule has 0 radical (unpaired) electrons. The predicted octanol–water partition coefficient (Wildman–Crippen LogP) is 0.817. The normalized spacial score (nSPS) is 10.0. The number of nitrogens with one attached hydrogen (secondary N) is 1. The van der Waals surface area contributed by atoms with Gasteiger partial charge < -0.3 is 4.74 Å². The number of carbonyl (C=O) groups excluding carboxylic acids is 1. The summed E-state index contributed by atoms with van der Waals surface area (Å²) >= 11 is 0.997. The van der Waals surface area contributed by atoms with Gasteiger partial charge in [0.25, 0.3) is 5.91 Å². The predicted molar refractivity (Wildman–Crippen MR) is 63.6 cm³/mol. The number of hydrazine groups is 1. The van der Waals surface area contributed by atoms with E-state index in [1.165, 1.54) is 0 Å². The van der Waals surface area contributed by atoms with E-state index in [9.17, 15) is 4.79 Å². The first-order chi connectivity index (χ1) is 8.24. The number of nitrogen functional groups attached to an aromatic ring is 1. The largest absolute Gasteiger partial charge is 0.497 e. The zero-order valence-corrected chi connectivity index (χ0v) is 9.82. The van der Waals surface area contributed by atoms with E-state index in [2.05, 4.69) is 9.36 Å². The number of aromatic nitrogens is 2. The van der Waals surface area contributed by atoms with Gasteiger partial charge in [0, 0.05) is 5.56 Å². The Hall–Kier alpha value is -1.99. The third-order valence-electron chi connectivity index (χ3n) is 2.08. The molecular weight excluding hydrogens is 240 g/mol. The number of hydrogen-bond donors (Lipinski definition) is 2. The van der Waals surface area contributed by atoms with Gasteiger partial charge in [0.05, 0.1) is 7.11 Å². The van der Waals surface area contributed by atoms with Gasteiger partial charge >= 0.3 is 0 Å². The maximum Gasteiger partial charge on any atom is 0.295 e. The Bertz CT molecular complexity index is 541. The van der Waals surface area contributed by atoms with E-state index in [4.69, 9.17) is 10.6 Å². The maximum atomic E-state index is 11.2. The molecule has 0 saturated heterocycles. The van der Waals surface area contributed by atoms with E-state index >= 15 is 0 Å². The summed E-state index contributed by atoms with van der Waals surface area (Å²) in [7, 11) is 1.58. The summed E-state index contributed by atoms with van der Waals surface area (Å²) in [6.45, 7) is 0. The van der Waals surface area contributed by atoms with Gasteiger partial charge in [-0.25, -0.2) is 10.8 Å². The second-order valence-electron chi connectivity index (χ2n) is 3.13.